The fourth-order valence-electron chi connectivity index (χ4n) is 1.91. The number of carbonyl (C=O) groups excluding carboxylic acids is 1. The largest absolute Gasteiger partial charge is 0.343 e. The molecular formula is C14H17ClN4O. The first-order chi connectivity index (χ1) is 9.45. The van der Waals surface area contributed by atoms with Crippen LogP contribution in [0.25, 0.3) is 11.3 Å². The van der Waals surface area contributed by atoms with Gasteiger partial charge in [0.2, 0.25) is 0 Å². The molecule has 106 valence electrons. The fourth-order valence-corrected chi connectivity index (χ4v) is 2.15. The molecule has 0 aliphatic heterocycles. The van der Waals surface area contributed by atoms with Gasteiger partial charge < -0.3 is 4.90 Å². The predicted molar refractivity (Wildman–Crippen MR) is 78.9 cm³/mol. The molecule has 0 bridgehead atoms. The number of amides is 1. The van der Waals surface area contributed by atoms with Gasteiger partial charge in [-0.05, 0) is 26.0 Å². The summed E-state index contributed by atoms with van der Waals surface area (Å²) in [6, 6.07) is 3.51. The fraction of sp³-hybridized carbons (Fsp3) is 0.357. The Labute approximate surface area is 123 Å². The van der Waals surface area contributed by atoms with E-state index in [4.69, 9.17) is 11.6 Å². The lowest BCUT2D eigenvalue weighted by atomic mass is 10.2. The molecule has 0 N–H and O–H groups in total. The van der Waals surface area contributed by atoms with Crippen LogP contribution in [0.3, 0.4) is 0 Å². The maximum absolute atomic E-state index is 11.8. The van der Waals surface area contributed by atoms with Crippen molar-refractivity contribution in [2.45, 2.75) is 20.4 Å². The molecule has 0 atom stereocenters. The molecule has 0 aromatic carbocycles. The van der Waals surface area contributed by atoms with Crippen LogP contribution >= 0.6 is 11.6 Å². The highest BCUT2D eigenvalue weighted by atomic mass is 35.5. The van der Waals surface area contributed by atoms with Gasteiger partial charge in [-0.2, -0.15) is 5.10 Å². The van der Waals surface area contributed by atoms with E-state index in [0.717, 1.165) is 17.8 Å². The van der Waals surface area contributed by atoms with Crippen LogP contribution in [0.2, 0.25) is 5.02 Å². The van der Waals surface area contributed by atoms with Crippen LogP contribution in [0.4, 0.5) is 0 Å². The van der Waals surface area contributed by atoms with Gasteiger partial charge in [-0.25, -0.2) is 0 Å². The topological polar surface area (TPSA) is 51.0 Å². The van der Waals surface area contributed by atoms with Crippen LogP contribution in [0, 0.1) is 6.92 Å². The average molecular weight is 293 g/mol. The zero-order valence-corrected chi connectivity index (χ0v) is 12.8. The first-order valence-corrected chi connectivity index (χ1v) is 6.74. The molecule has 2 rings (SSSR count). The standard InChI is InChI=1S/C14H17ClN4O/c1-5-19-9(2)12(15)13(17-19)10-6-7-11(16-8-10)14(20)18(3)4/h6-8H,5H2,1-4H3. The Morgan fingerprint density at radius 1 is 1.40 bits per heavy atom. The van der Waals surface area contributed by atoms with Gasteiger partial charge in [0.1, 0.15) is 11.4 Å². The molecule has 2 aromatic heterocycles. The highest BCUT2D eigenvalue weighted by Crippen LogP contribution is 2.29. The molecule has 0 saturated heterocycles. The van der Waals surface area contributed by atoms with Crippen molar-refractivity contribution in [2.24, 2.45) is 0 Å². The normalized spacial score (nSPS) is 10.7. The van der Waals surface area contributed by atoms with Gasteiger partial charge in [0.05, 0.1) is 10.7 Å². The molecule has 0 radical (unpaired) electrons. The summed E-state index contributed by atoms with van der Waals surface area (Å²) in [6.07, 6.45) is 1.63. The second-order valence-electron chi connectivity index (χ2n) is 4.70. The number of halogens is 1. The molecule has 2 heterocycles. The average Bonchev–Trinajstić information content (AvgIpc) is 2.74. The molecule has 0 aliphatic rings. The van der Waals surface area contributed by atoms with Crippen molar-refractivity contribution >= 4 is 17.5 Å². The minimum Gasteiger partial charge on any atom is -0.343 e. The van der Waals surface area contributed by atoms with Crippen LogP contribution in [-0.2, 0) is 6.54 Å². The lowest BCUT2D eigenvalue weighted by Gasteiger charge is -2.09. The van der Waals surface area contributed by atoms with E-state index in [1.807, 2.05) is 24.6 Å². The van der Waals surface area contributed by atoms with Crippen molar-refractivity contribution in [2.75, 3.05) is 14.1 Å². The Balaban J connectivity index is 2.38. The summed E-state index contributed by atoms with van der Waals surface area (Å²) in [5.41, 5.74) is 2.84. The monoisotopic (exact) mass is 292 g/mol. The first kappa shape index (κ1) is 14.5. The molecule has 5 nitrogen and oxygen atoms in total. The third kappa shape index (κ3) is 2.54. The van der Waals surface area contributed by atoms with Gasteiger partial charge in [-0.15, -0.1) is 0 Å². The van der Waals surface area contributed by atoms with Crippen molar-refractivity contribution in [3.63, 3.8) is 0 Å². The second-order valence-corrected chi connectivity index (χ2v) is 5.07. The summed E-state index contributed by atoms with van der Waals surface area (Å²) in [5, 5.41) is 5.08. The van der Waals surface area contributed by atoms with E-state index >= 15 is 0 Å². The van der Waals surface area contributed by atoms with E-state index in [2.05, 4.69) is 10.1 Å². The van der Waals surface area contributed by atoms with Crippen LogP contribution in [0.1, 0.15) is 23.1 Å². The molecule has 0 spiro atoms. The molecule has 0 aliphatic carbocycles. The van der Waals surface area contributed by atoms with E-state index in [1.165, 1.54) is 4.90 Å². The lowest BCUT2D eigenvalue weighted by Crippen LogP contribution is -2.22. The van der Waals surface area contributed by atoms with Crippen LogP contribution in [0.15, 0.2) is 18.3 Å². The Hall–Kier alpha value is -1.88. The van der Waals surface area contributed by atoms with Crippen LogP contribution in [0.5, 0.6) is 0 Å². The number of hydrogen-bond acceptors (Lipinski definition) is 3. The molecule has 1 amide bonds. The number of pyridine rings is 1. The summed E-state index contributed by atoms with van der Waals surface area (Å²) < 4.78 is 1.84. The van der Waals surface area contributed by atoms with Gasteiger partial charge in [0.15, 0.2) is 0 Å². The molecule has 6 heteroatoms. The zero-order chi connectivity index (χ0) is 14.9. The zero-order valence-electron chi connectivity index (χ0n) is 12.0. The molecule has 0 fully saturated rings. The van der Waals surface area contributed by atoms with E-state index in [-0.39, 0.29) is 5.91 Å². The molecular weight excluding hydrogens is 276 g/mol. The Bertz CT molecular complexity index is 631. The van der Waals surface area contributed by atoms with Crippen molar-refractivity contribution in [3.05, 3.63) is 34.7 Å². The smallest absolute Gasteiger partial charge is 0.271 e. The van der Waals surface area contributed by atoms with Gasteiger partial charge in [0, 0.05) is 32.4 Å². The number of hydrogen-bond donors (Lipinski definition) is 0. The van der Waals surface area contributed by atoms with E-state index in [0.29, 0.717) is 16.4 Å². The predicted octanol–water partition coefficient (Wildman–Crippen LogP) is 2.63. The van der Waals surface area contributed by atoms with Crippen molar-refractivity contribution in [3.8, 4) is 11.3 Å². The second kappa shape index (κ2) is 5.63. The minimum atomic E-state index is -0.127. The van der Waals surface area contributed by atoms with Gasteiger partial charge in [-0.3, -0.25) is 14.5 Å². The maximum atomic E-state index is 11.8. The number of carbonyl (C=O) groups is 1. The lowest BCUT2D eigenvalue weighted by molar-refractivity contribution is 0.0822. The summed E-state index contributed by atoms with van der Waals surface area (Å²) in [4.78, 5) is 17.5. The Morgan fingerprint density at radius 3 is 2.55 bits per heavy atom. The number of rotatable bonds is 3. The molecule has 0 saturated carbocycles. The van der Waals surface area contributed by atoms with Crippen molar-refractivity contribution in [1.29, 1.82) is 0 Å². The number of aryl methyl sites for hydroxylation is 1. The molecule has 2 aromatic rings. The SMILES string of the molecule is CCn1nc(-c2ccc(C(=O)N(C)C)nc2)c(Cl)c1C. The van der Waals surface area contributed by atoms with Crippen LogP contribution < -0.4 is 0 Å². The van der Waals surface area contributed by atoms with E-state index in [9.17, 15) is 4.79 Å². The number of aromatic nitrogens is 3. The third-order valence-corrected chi connectivity index (χ3v) is 3.55. The summed E-state index contributed by atoms with van der Waals surface area (Å²) in [5.74, 6) is -0.127. The quantitative estimate of drug-likeness (QED) is 0.874. The Kier molecular flexibility index (Phi) is 4.09. The Morgan fingerprint density at radius 2 is 2.10 bits per heavy atom. The molecule has 20 heavy (non-hydrogen) atoms. The summed E-state index contributed by atoms with van der Waals surface area (Å²) in [7, 11) is 3.39. The van der Waals surface area contributed by atoms with Crippen molar-refractivity contribution < 1.29 is 4.79 Å². The van der Waals surface area contributed by atoms with Gasteiger partial charge in [-0.1, -0.05) is 11.6 Å². The summed E-state index contributed by atoms with van der Waals surface area (Å²) >= 11 is 6.29. The maximum Gasteiger partial charge on any atom is 0.271 e. The molecule has 0 unspecified atom stereocenters. The third-order valence-electron chi connectivity index (χ3n) is 3.10. The summed E-state index contributed by atoms with van der Waals surface area (Å²) in [6.45, 7) is 4.70. The van der Waals surface area contributed by atoms with Gasteiger partial charge >= 0.3 is 0 Å². The number of nitrogens with zero attached hydrogens (tertiary/aromatic N) is 4. The first-order valence-electron chi connectivity index (χ1n) is 6.36. The van der Waals surface area contributed by atoms with E-state index < -0.39 is 0 Å². The van der Waals surface area contributed by atoms with E-state index in [1.54, 1.807) is 26.4 Å². The highest BCUT2D eigenvalue weighted by Gasteiger charge is 2.15. The highest BCUT2D eigenvalue weighted by molar-refractivity contribution is 6.33. The van der Waals surface area contributed by atoms with Crippen LogP contribution in [-0.4, -0.2) is 39.7 Å². The van der Waals surface area contributed by atoms with Gasteiger partial charge in [0.25, 0.3) is 5.91 Å². The van der Waals surface area contributed by atoms with Crippen molar-refractivity contribution in [1.82, 2.24) is 19.7 Å². The minimum absolute atomic E-state index is 0.127.